The first-order valence-corrected chi connectivity index (χ1v) is 9.62. The maximum absolute atomic E-state index is 12.9. The van der Waals surface area contributed by atoms with E-state index in [0.717, 1.165) is 21.8 Å². The zero-order valence-electron chi connectivity index (χ0n) is 14.9. The Morgan fingerprint density at radius 3 is 2.52 bits per heavy atom. The van der Waals surface area contributed by atoms with Crippen LogP contribution in [0.5, 0.6) is 0 Å². The van der Waals surface area contributed by atoms with Crippen LogP contribution < -0.4 is 5.32 Å². The number of thiophene rings is 1. The van der Waals surface area contributed by atoms with E-state index in [1.165, 1.54) is 5.56 Å². The van der Waals surface area contributed by atoms with Crippen molar-refractivity contribution in [3.8, 4) is 16.3 Å². The Labute approximate surface area is 162 Å². The molecule has 4 aromatic rings. The molecule has 0 saturated heterocycles. The van der Waals surface area contributed by atoms with E-state index in [1.54, 1.807) is 16.0 Å². The lowest BCUT2D eigenvalue weighted by Crippen LogP contribution is -2.25. The second-order valence-corrected chi connectivity index (χ2v) is 7.26. The van der Waals surface area contributed by atoms with Gasteiger partial charge in [0.1, 0.15) is 11.4 Å². The first-order chi connectivity index (χ1) is 13.2. The molecule has 27 heavy (non-hydrogen) atoms. The maximum atomic E-state index is 12.9. The van der Waals surface area contributed by atoms with Gasteiger partial charge in [-0.2, -0.15) is 5.10 Å². The van der Waals surface area contributed by atoms with E-state index in [9.17, 15) is 4.79 Å². The van der Waals surface area contributed by atoms with Crippen LogP contribution in [-0.4, -0.2) is 15.7 Å². The van der Waals surface area contributed by atoms with Crippen LogP contribution in [0, 0.1) is 6.92 Å². The van der Waals surface area contributed by atoms with Gasteiger partial charge in [-0.3, -0.25) is 4.79 Å². The molecule has 0 bridgehead atoms. The van der Waals surface area contributed by atoms with Gasteiger partial charge in [-0.25, -0.2) is 4.68 Å². The third-order valence-electron chi connectivity index (χ3n) is 4.29. The summed E-state index contributed by atoms with van der Waals surface area (Å²) < 4.78 is 1.71. The summed E-state index contributed by atoms with van der Waals surface area (Å²) >= 11 is 1.61. The Morgan fingerprint density at radius 1 is 1.04 bits per heavy atom. The second kappa shape index (κ2) is 7.60. The van der Waals surface area contributed by atoms with Crippen molar-refractivity contribution in [3.05, 3.63) is 95.0 Å². The summed E-state index contributed by atoms with van der Waals surface area (Å²) in [4.78, 5) is 13.9. The van der Waals surface area contributed by atoms with E-state index in [1.807, 2.05) is 85.1 Å². The van der Waals surface area contributed by atoms with Crippen LogP contribution >= 0.6 is 11.3 Å². The minimum absolute atomic E-state index is 0.144. The zero-order valence-corrected chi connectivity index (χ0v) is 15.7. The van der Waals surface area contributed by atoms with Crippen molar-refractivity contribution in [3.63, 3.8) is 0 Å². The zero-order chi connectivity index (χ0) is 18.6. The fourth-order valence-corrected chi connectivity index (χ4v) is 3.51. The van der Waals surface area contributed by atoms with E-state index >= 15 is 0 Å². The number of aryl methyl sites for hydroxylation is 1. The van der Waals surface area contributed by atoms with Crippen LogP contribution in [0.1, 0.15) is 21.6 Å². The molecule has 0 aliphatic carbocycles. The van der Waals surface area contributed by atoms with Crippen LogP contribution in [0.4, 0.5) is 0 Å². The molecule has 4 rings (SSSR count). The van der Waals surface area contributed by atoms with Gasteiger partial charge in [0, 0.05) is 6.54 Å². The number of para-hydroxylation sites is 1. The maximum Gasteiger partial charge on any atom is 0.270 e. The van der Waals surface area contributed by atoms with Crippen LogP contribution in [0.2, 0.25) is 0 Å². The van der Waals surface area contributed by atoms with Crippen molar-refractivity contribution in [1.29, 1.82) is 0 Å². The van der Waals surface area contributed by atoms with Gasteiger partial charge in [-0.05, 0) is 42.1 Å². The van der Waals surface area contributed by atoms with E-state index in [4.69, 9.17) is 0 Å². The predicted octanol–water partition coefficient (Wildman–Crippen LogP) is 4.84. The molecule has 2 aromatic carbocycles. The van der Waals surface area contributed by atoms with Gasteiger partial charge < -0.3 is 5.32 Å². The molecule has 0 aliphatic rings. The van der Waals surface area contributed by atoms with Gasteiger partial charge in [0.25, 0.3) is 5.91 Å². The molecule has 0 radical (unpaired) electrons. The van der Waals surface area contributed by atoms with Crippen LogP contribution in [-0.2, 0) is 6.54 Å². The SMILES string of the molecule is Cc1ccc(CNC(=O)c2cc(-c3cccs3)nn2-c2ccccc2)cc1. The Balaban J connectivity index is 1.63. The number of amides is 1. The molecule has 0 fully saturated rings. The summed E-state index contributed by atoms with van der Waals surface area (Å²) in [6.45, 7) is 2.53. The van der Waals surface area contributed by atoms with Crippen molar-refractivity contribution < 1.29 is 4.79 Å². The standard InChI is InChI=1S/C22H19N3OS/c1-16-9-11-17(12-10-16)15-23-22(26)20-14-19(21-8-5-13-27-21)24-25(20)18-6-3-2-4-7-18/h2-14H,15H2,1H3,(H,23,26). The van der Waals surface area contributed by atoms with Crippen molar-refractivity contribution in [2.24, 2.45) is 0 Å². The largest absolute Gasteiger partial charge is 0.347 e. The van der Waals surface area contributed by atoms with E-state index in [0.29, 0.717) is 12.2 Å². The summed E-state index contributed by atoms with van der Waals surface area (Å²) in [6, 6.07) is 23.7. The average molecular weight is 373 g/mol. The summed E-state index contributed by atoms with van der Waals surface area (Å²) in [5.74, 6) is -0.144. The molecule has 5 heteroatoms. The highest BCUT2D eigenvalue weighted by molar-refractivity contribution is 7.13. The smallest absolute Gasteiger partial charge is 0.270 e. The molecule has 0 atom stereocenters. The minimum atomic E-state index is -0.144. The molecule has 1 amide bonds. The average Bonchev–Trinajstić information content (AvgIpc) is 3.38. The van der Waals surface area contributed by atoms with E-state index in [2.05, 4.69) is 10.4 Å². The van der Waals surface area contributed by atoms with Crippen LogP contribution in [0.3, 0.4) is 0 Å². The Hall–Kier alpha value is -3.18. The number of benzene rings is 2. The molecule has 134 valence electrons. The number of carbonyl (C=O) groups excluding carboxylic acids is 1. The highest BCUT2D eigenvalue weighted by atomic mass is 32.1. The molecule has 2 aromatic heterocycles. The summed E-state index contributed by atoms with van der Waals surface area (Å²) in [7, 11) is 0. The van der Waals surface area contributed by atoms with E-state index < -0.39 is 0 Å². The monoisotopic (exact) mass is 373 g/mol. The van der Waals surface area contributed by atoms with E-state index in [-0.39, 0.29) is 5.91 Å². The van der Waals surface area contributed by atoms with Crippen molar-refractivity contribution in [1.82, 2.24) is 15.1 Å². The molecule has 2 heterocycles. The molecular formula is C22H19N3OS. The topological polar surface area (TPSA) is 46.9 Å². The first kappa shape index (κ1) is 17.2. The highest BCUT2D eigenvalue weighted by Gasteiger charge is 2.17. The fraction of sp³-hybridized carbons (Fsp3) is 0.0909. The molecule has 4 nitrogen and oxygen atoms in total. The number of hydrogen-bond acceptors (Lipinski definition) is 3. The number of nitrogens with one attached hydrogen (secondary N) is 1. The summed E-state index contributed by atoms with van der Waals surface area (Å²) in [5.41, 5.74) is 4.46. The molecule has 0 unspecified atom stereocenters. The number of aromatic nitrogens is 2. The minimum Gasteiger partial charge on any atom is -0.347 e. The molecule has 1 N–H and O–H groups in total. The number of hydrogen-bond donors (Lipinski definition) is 1. The second-order valence-electron chi connectivity index (χ2n) is 6.31. The first-order valence-electron chi connectivity index (χ1n) is 8.74. The number of rotatable bonds is 5. The van der Waals surface area contributed by atoms with Gasteiger partial charge in [-0.1, -0.05) is 54.1 Å². The normalized spacial score (nSPS) is 10.7. The lowest BCUT2D eigenvalue weighted by molar-refractivity contribution is 0.0943. The lowest BCUT2D eigenvalue weighted by atomic mass is 10.1. The Kier molecular flexibility index (Phi) is 4.85. The molecule has 0 saturated carbocycles. The van der Waals surface area contributed by atoms with Crippen molar-refractivity contribution in [2.75, 3.05) is 0 Å². The van der Waals surface area contributed by atoms with Gasteiger partial charge in [0.2, 0.25) is 0 Å². The summed E-state index contributed by atoms with van der Waals surface area (Å²) in [6.07, 6.45) is 0. The van der Waals surface area contributed by atoms with Gasteiger partial charge in [0.05, 0.1) is 10.6 Å². The number of carbonyl (C=O) groups is 1. The third kappa shape index (κ3) is 3.83. The van der Waals surface area contributed by atoms with Gasteiger partial charge in [0.15, 0.2) is 0 Å². The third-order valence-corrected chi connectivity index (χ3v) is 5.18. The van der Waals surface area contributed by atoms with Gasteiger partial charge in [-0.15, -0.1) is 11.3 Å². The van der Waals surface area contributed by atoms with Crippen molar-refractivity contribution >= 4 is 17.2 Å². The summed E-state index contributed by atoms with van der Waals surface area (Å²) in [5, 5.41) is 9.69. The fourth-order valence-electron chi connectivity index (χ4n) is 2.83. The molecular weight excluding hydrogens is 354 g/mol. The van der Waals surface area contributed by atoms with Crippen LogP contribution in [0.15, 0.2) is 78.2 Å². The Morgan fingerprint density at radius 2 is 1.81 bits per heavy atom. The Bertz CT molecular complexity index is 1040. The highest BCUT2D eigenvalue weighted by Crippen LogP contribution is 2.25. The molecule has 0 aliphatic heterocycles. The molecule has 0 spiro atoms. The van der Waals surface area contributed by atoms with Crippen LogP contribution in [0.25, 0.3) is 16.3 Å². The van der Waals surface area contributed by atoms with Gasteiger partial charge >= 0.3 is 0 Å². The lowest BCUT2D eigenvalue weighted by Gasteiger charge is -2.08. The number of nitrogens with zero attached hydrogens (tertiary/aromatic N) is 2. The van der Waals surface area contributed by atoms with Crippen molar-refractivity contribution in [2.45, 2.75) is 13.5 Å². The quantitative estimate of drug-likeness (QED) is 0.544. The predicted molar refractivity (Wildman–Crippen MR) is 109 cm³/mol.